The van der Waals surface area contributed by atoms with Crippen molar-refractivity contribution < 1.29 is 18.3 Å². The first-order valence-corrected chi connectivity index (χ1v) is 12.3. The zero-order valence-electron chi connectivity index (χ0n) is 18.7. The van der Waals surface area contributed by atoms with Gasteiger partial charge >= 0.3 is 0 Å². The Labute approximate surface area is 210 Å². The maximum atomic E-state index is 14.3. The summed E-state index contributed by atoms with van der Waals surface area (Å²) in [7, 11) is 0. The van der Waals surface area contributed by atoms with Crippen LogP contribution < -0.4 is 5.32 Å². The van der Waals surface area contributed by atoms with Crippen LogP contribution in [0.15, 0.2) is 40.8 Å². The third-order valence-corrected chi connectivity index (χ3v) is 7.16. The van der Waals surface area contributed by atoms with Crippen molar-refractivity contribution in [2.75, 3.05) is 6.61 Å². The number of oxazole rings is 1. The lowest BCUT2D eigenvalue weighted by Gasteiger charge is -2.20. The van der Waals surface area contributed by atoms with Crippen LogP contribution in [0.25, 0.3) is 22.6 Å². The topological polar surface area (TPSA) is 77.2 Å². The van der Waals surface area contributed by atoms with Gasteiger partial charge in [0.05, 0.1) is 32.1 Å². The van der Waals surface area contributed by atoms with Crippen LogP contribution in [-0.4, -0.2) is 21.9 Å². The number of carbonyl (C=O) groups excluding carboxylic acids is 1. The minimum atomic E-state index is -0.698. The molecule has 1 N–H and O–H groups in total. The summed E-state index contributed by atoms with van der Waals surface area (Å²) in [5, 5.41) is 3.64. The summed E-state index contributed by atoms with van der Waals surface area (Å²) in [6.45, 7) is 5.98. The molecule has 0 radical (unpaired) electrons. The molecule has 2 aromatic carbocycles. The van der Waals surface area contributed by atoms with Gasteiger partial charge in [-0.1, -0.05) is 42.3 Å². The van der Waals surface area contributed by atoms with E-state index in [9.17, 15) is 9.18 Å². The number of aromatic nitrogens is 2. The first kappa shape index (κ1) is 24.6. The molecule has 0 aliphatic carbocycles. The first-order chi connectivity index (χ1) is 16.3. The van der Waals surface area contributed by atoms with Crippen molar-refractivity contribution in [2.24, 2.45) is 0 Å². The molecule has 1 amide bonds. The summed E-state index contributed by atoms with van der Waals surface area (Å²) < 4.78 is 30.1. The van der Waals surface area contributed by atoms with Crippen LogP contribution in [0.5, 0.6) is 0 Å². The van der Waals surface area contributed by atoms with Gasteiger partial charge in [-0.05, 0) is 61.6 Å². The summed E-state index contributed by atoms with van der Waals surface area (Å²) in [5.74, 6) is -1.22. The summed E-state index contributed by atoms with van der Waals surface area (Å²) >= 11 is 13.8. The lowest BCUT2D eigenvalue weighted by atomic mass is 10.00. The smallest absolute Gasteiger partial charge is 0.231 e. The van der Waals surface area contributed by atoms with Gasteiger partial charge in [0, 0.05) is 6.61 Å². The third kappa shape index (κ3) is 4.81. The molecule has 2 unspecified atom stereocenters. The number of hydrogen-bond acceptors (Lipinski definition) is 6. The zero-order valence-corrected chi connectivity index (χ0v) is 21.0. The molecule has 0 saturated carbocycles. The molecule has 178 valence electrons. The number of halogens is 3. The molecule has 0 aliphatic rings. The van der Waals surface area contributed by atoms with Gasteiger partial charge in [0.25, 0.3) is 0 Å². The van der Waals surface area contributed by atoms with Gasteiger partial charge in [-0.15, -0.1) is 0 Å². The average molecular weight is 522 g/mol. The van der Waals surface area contributed by atoms with E-state index < -0.39 is 18.0 Å². The van der Waals surface area contributed by atoms with Crippen molar-refractivity contribution in [2.45, 2.75) is 39.3 Å². The van der Waals surface area contributed by atoms with Crippen LogP contribution in [0.2, 0.25) is 10.0 Å². The van der Waals surface area contributed by atoms with E-state index in [0.717, 1.165) is 5.69 Å². The summed E-state index contributed by atoms with van der Waals surface area (Å²) in [5.41, 5.74) is 2.53. The van der Waals surface area contributed by atoms with Crippen molar-refractivity contribution >= 4 is 51.7 Å². The number of benzene rings is 2. The fourth-order valence-corrected chi connectivity index (χ4v) is 5.01. The van der Waals surface area contributed by atoms with Crippen LogP contribution in [0.4, 0.5) is 4.39 Å². The van der Waals surface area contributed by atoms with Crippen molar-refractivity contribution in [3.63, 3.8) is 0 Å². The van der Waals surface area contributed by atoms with Crippen molar-refractivity contribution in [3.05, 3.63) is 68.4 Å². The van der Waals surface area contributed by atoms with Crippen molar-refractivity contribution in [3.8, 4) is 11.5 Å². The van der Waals surface area contributed by atoms with Crippen molar-refractivity contribution in [1.29, 1.82) is 0 Å². The molecule has 2 heterocycles. The number of amides is 1. The average Bonchev–Trinajstić information content (AvgIpc) is 3.40. The third-order valence-electron chi connectivity index (χ3n) is 5.39. The quantitative estimate of drug-likeness (QED) is 0.254. The fraction of sp³-hybridized carbons (Fsp3) is 0.292. The Hall–Kier alpha value is -2.52. The highest BCUT2D eigenvalue weighted by Crippen LogP contribution is 2.34. The lowest BCUT2D eigenvalue weighted by molar-refractivity contribution is -0.126. The molecule has 4 rings (SSSR count). The normalized spacial score (nSPS) is 13.2. The number of nitrogens with one attached hydrogen (secondary N) is 1. The van der Waals surface area contributed by atoms with Crippen LogP contribution in [0.3, 0.4) is 0 Å². The number of rotatable bonds is 8. The number of hydrogen-bond donors (Lipinski definition) is 1. The lowest BCUT2D eigenvalue weighted by Crippen LogP contribution is -2.33. The largest absolute Gasteiger partial charge is 0.436 e. The SMILES string of the molecule is CCOC(NC(=O)C(C)c1ccc2oc(-c3c(F)cccc3Cl)nc2c1)c1snc(CC)c1Cl. The number of carbonyl (C=O) groups is 1. The predicted octanol–water partition coefficient (Wildman–Crippen LogP) is 6.91. The second-order valence-corrected chi connectivity index (χ2v) is 9.16. The van der Waals surface area contributed by atoms with E-state index >= 15 is 0 Å². The van der Waals surface area contributed by atoms with Crippen LogP contribution in [0, 0.1) is 5.82 Å². The molecule has 0 saturated heterocycles. The van der Waals surface area contributed by atoms with Gasteiger partial charge < -0.3 is 14.5 Å². The van der Waals surface area contributed by atoms with E-state index in [1.54, 1.807) is 31.2 Å². The standard InChI is InChI=1S/C24H22Cl2FN3O3S/c1-4-16-20(26)21(34-30-16)24(32-5-2)29-22(31)12(3)13-9-10-18-17(11-13)28-23(33-18)19-14(25)7-6-8-15(19)27/h6-12,24H,4-5H2,1-3H3,(H,29,31). The number of fused-ring (bicyclic) bond motifs is 1. The Balaban J connectivity index is 1.58. The van der Waals surface area contributed by atoms with Gasteiger partial charge in [-0.3, -0.25) is 4.79 Å². The highest BCUT2D eigenvalue weighted by Gasteiger charge is 2.26. The van der Waals surface area contributed by atoms with E-state index in [1.807, 2.05) is 13.8 Å². The molecule has 2 aromatic heterocycles. The van der Waals surface area contributed by atoms with Crippen LogP contribution in [-0.2, 0) is 16.0 Å². The molecule has 2 atom stereocenters. The Bertz CT molecular complexity index is 1320. The monoisotopic (exact) mass is 521 g/mol. The highest BCUT2D eigenvalue weighted by molar-refractivity contribution is 7.06. The number of nitrogens with zero attached hydrogens (tertiary/aromatic N) is 2. The van der Waals surface area contributed by atoms with Gasteiger partial charge in [-0.2, -0.15) is 4.37 Å². The van der Waals surface area contributed by atoms with E-state index in [4.69, 9.17) is 32.4 Å². The maximum Gasteiger partial charge on any atom is 0.231 e. The fourth-order valence-electron chi connectivity index (χ4n) is 3.49. The van der Waals surface area contributed by atoms with E-state index in [0.29, 0.717) is 39.6 Å². The second kappa shape index (κ2) is 10.4. The van der Waals surface area contributed by atoms with Crippen LogP contribution in [0.1, 0.15) is 49.1 Å². The van der Waals surface area contributed by atoms with E-state index in [-0.39, 0.29) is 22.4 Å². The zero-order chi connectivity index (χ0) is 24.4. The summed E-state index contributed by atoms with van der Waals surface area (Å²) in [6, 6.07) is 9.59. The maximum absolute atomic E-state index is 14.3. The Morgan fingerprint density at radius 1 is 1.26 bits per heavy atom. The predicted molar refractivity (Wildman–Crippen MR) is 132 cm³/mol. The first-order valence-electron chi connectivity index (χ1n) is 10.7. The van der Waals surface area contributed by atoms with E-state index in [1.165, 1.54) is 23.7 Å². The van der Waals surface area contributed by atoms with E-state index in [2.05, 4.69) is 14.7 Å². The number of ether oxygens (including phenoxy) is 1. The summed E-state index contributed by atoms with van der Waals surface area (Å²) in [4.78, 5) is 18.1. The summed E-state index contributed by atoms with van der Waals surface area (Å²) in [6.07, 6.45) is -0.00751. The van der Waals surface area contributed by atoms with Gasteiger partial charge in [-0.25, -0.2) is 9.37 Å². The van der Waals surface area contributed by atoms with Gasteiger partial charge in [0.15, 0.2) is 11.8 Å². The Morgan fingerprint density at radius 3 is 2.74 bits per heavy atom. The molecule has 6 nitrogen and oxygen atoms in total. The highest BCUT2D eigenvalue weighted by atomic mass is 35.5. The molecule has 34 heavy (non-hydrogen) atoms. The Kier molecular flexibility index (Phi) is 7.52. The second-order valence-electron chi connectivity index (χ2n) is 7.57. The van der Waals surface area contributed by atoms with Crippen molar-refractivity contribution in [1.82, 2.24) is 14.7 Å². The minimum absolute atomic E-state index is 0.0790. The Morgan fingerprint density at radius 2 is 2.06 bits per heavy atom. The molecule has 0 spiro atoms. The van der Waals surface area contributed by atoms with Gasteiger partial charge in [0.2, 0.25) is 11.8 Å². The molecule has 0 bridgehead atoms. The molecule has 0 fully saturated rings. The molecule has 0 aliphatic heterocycles. The minimum Gasteiger partial charge on any atom is -0.436 e. The molecule has 4 aromatic rings. The van der Waals surface area contributed by atoms with Gasteiger partial charge in [0.1, 0.15) is 11.3 Å². The molecular weight excluding hydrogens is 500 g/mol. The van der Waals surface area contributed by atoms with Crippen LogP contribution >= 0.6 is 34.7 Å². The molecule has 10 heteroatoms. The number of aryl methyl sites for hydroxylation is 1. The molecular formula is C24H22Cl2FN3O3S.